The summed E-state index contributed by atoms with van der Waals surface area (Å²) in [5.74, 6) is 0.774. The summed E-state index contributed by atoms with van der Waals surface area (Å²) in [5.41, 5.74) is 1.94. The molecule has 6 nitrogen and oxygen atoms in total. The molecular weight excluding hydrogens is 356 g/mol. The molecule has 0 saturated heterocycles. The molecule has 1 N–H and O–H groups in total. The van der Waals surface area contributed by atoms with Gasteiger partial charge in [-0.15, -0.1) is 0 Å². The lowest BCUT2D eigenvalue weighted by atomic mass is 10.2. The molecule has 1 atom stereocenters. The number of aliphatic hydroxyl groups is 1. The second-order valence-corrected chi connectivity index (χ2v) is 7.51. The Morgan fingerprint density at radius 3 is 2.31 bits per heavy atom. The fourth-order valence-corrected chi connectivity index (χ4v) is 3.10. The van der Waals surface area contributed by atoms with E-state index in [1.807, 2.05) is 31.2 Å². The molecule has 0 aliphatic rings. The van der Waals surface area contributed by atoms with Crippen LogP contribution in [0.5, 0.6) is 5.75 Å². The van der Waals surface area contributed by atoms with Gasteiger partial charge in [-0.3, -0.25) is 4.18 Å². The van der Waals surface area contributed by atoms with E-state index in [9.17, 15) is 13.5 Å². The minimum atomic E-state index is -3.86. The highest BCUT2D eigenvalue weighted by Gasteiger charge is 2.17. The fraction of sp³-hybridized carbons (Fsp3) is 0.368. The highest BCUT2D eigenvalue weighted by Crippen LogP contribution is 2.14. The molecule has 0 fully saturated rings. The first kappa shape index (κ1) is 20.4. The van der Waals surface area contributed by atoms with Crippen LogP contribution >= 0.6 is 0 Å². The number of hydrogen-bond acceptors (Lipinski definition) is 6. The number of methoxy groups -OCH3 is 1. The molecule has 0 saturated carbocycles. The average molecular weight is 380 g/mol. The topological polar surface area (TPSA) is 82.1 Å². The van der Waals surface area contributed by atoms with Crippen LogP contribution in [0.3, 0.4) is 0 Å². The van der Waals surface area contributed by atoms with Crippen molar-refractivity contribution in [2.45, 2.75) is 31.0 Å². The van der Waals surface area contributed by atoms with Crippen LogP contribution in [0, 0.1) is 6.92 Å². The van der Waals surface area contributed by atoms with Gasteiger partial charge in [-0.25, -0.2) is 0 Å². The molecule has 0 spiro atoms. The van der Waals surface area contributed by atoms with E-state index >= 15 is 0 Å². The van der Waals surface area contributed by atoms with Gasteiger partial charge in [0.05, 0.1) is 31.3 Å². The standard InChI is InChI=1S/C19H24O6S/c1-15-3-9-19(10-4-15)26(21,22)25-14-17(20)11-12-24-13-16-5-7-18(23-2)8-6-16/h3-10,17,20H,11-14H2,1-2H3/t17-/m0/s1. The highest BCUT2D eigenvalue weighted by atomic mass is 32.2. The van der Waals surface area contributed by atoms with Crippen LogP contribution in [0.25, 0.3) is 0 Å². The second-order valence-electron chi connectivity index (χ2n) is 5.89. The maximum atomic E-state index is 12.0. The Balaban J connectivity index is 1.69. The fourth-order valence-electron chi connectivity index (χ4n) is 2.16. The maximum Gasteiger partial charge on any atom is 0.297 e. The minimum Gasteiger partial charge on any atom is -0.497 e. The van der Waals surface area contributed by atoms with Crippen molar-refractivity contribution in [1.29, 1.82) is 0 Å². The van der Waals surface area contributed by atoms with E-state index in [4.69, 9.17) is 13.7 Å². The predicted octanol–water partition coefficient (Wildman–Crippen LogP) is 2.68. The van der Waals surface area contributed by atoms with Crippen LogP contribution in [0.4, 0.5) is 0 Å². The third kappa shape index (κ3) is 6.42. The van der Waals surface area contributed by atoms with Crippen molar-refractivity contribution in [3.63, 3.8) is 0 Å². The molecule has 0 heterocycles. The summed E-state index contributed by atoms with van der Waals surface area (Å²) >= 11 is 0. The molecule has 0 aliphatic carbocycles. The summed E-state index contributed by atoms with van der Waals surface area (Å²) in [5, 5.41) is 9.88. The van der Waals surface area contributed by atoms with E-state index < -0.39 is 16.2 Å². The highest BCUT2D eigenvalue weighted by molar-refractivity contribution is 7.86. The van der Waals surface area contributed by atoms with Crippen LogP contribution in [0.1, 0.15) is 17.5 Å². The Hall–Kier alpha value is -1.93. The molecular formula is C19H24O6S. The van der Waals surface area contributed by atoms with Crippen molar-refractivity contribution in [2.24, 2.45) is 0 Å². The van der Waals surface area contributed by atoms with Gasteiger partial charge in [-0.2, -0.15) is 8.42 Å². The van der Waals surface area contributed by atoms with Crippen molar-refractivity contribution < 1.29 is 27.2 Å². The summed E-state index contributed by atoms with van der Waals surface area (Å²) in [6.07, 6.45) is -0.648. The summed E-state index contributed by atoms with van der Waals surface area (Å²) < 4.78 is 39.6. The quantitative estimate of drug-likeness (QED) is 0.504. The molecule has 0 unspecified atom stereocenters. The third-order valence-corrected chi connectivity index (χ3v) is 5.04. The Morgan fingerprint density at radius 1 is 1.04 bits per heavy atom. The lowest BCUT2D eigenvalue weighted by Crippen LogP contribution is -2.20. The Kier molecular flexibility index (Phi) is 7.59. The van der Waals surface area contributed by atoms with Gasteiger partial charge in [0, 0.05) is 6.61 Å². The van der Waals surface area contributed by atoms with E-state index in [1.54, 1.807) is 19.2 Å². The molecule has 0 amide bonds. The van der Waals surface area contributed by atoms with Gasteiger partial charge in [-0.1, -0.05) is 29.8 Å². The largest absolute Gasteiger partial charge is 0.497 e. The van der Waals surface area contributed by atoms with Crippen molar-refractivity contribution in [1.82, 2.24) is 0 Å². The first-order chi connectivity index (χ1) is 12.4. The zero-order valence-corrected chi connectivity index (χ0v) is 15.7. The van der Waals surface area contributed by atoms with E-state index in [0.717, 1.165) is 16.9 Å². The van der Waals surface area contributed by atoms with E-state index in [1.165, 1.54) is 12.1 Å². The van der Waals surface area contributed by atoms with Crippen LogP contribution in [-0.2, 0) is 25.6 Å². The molecule has 2 rings (SSSR count). The van der Waals surface area contributed by atoms with Crippen LogP contribution in [0.2, 0.25) is 0 Å². The number of rotatable bonds is 10. The summed E-state index contributed by atoms with van der Waals surface area (Å²) in [6, 6.07) is 13.8. The van der Waals surface area contributed by atoms with Gasteiger partial charge in [0.25, 0.3) is 10.1 Å². The molecule has 0 radical (unpaired) electrons. The number of aryl methyl sites for hydroxylation is 1. The maximum absolute atomic E-state index is 12.0. The molecule has 142 valence electrons. The van der Waals surface area contributed by atoms with Gasteiger partial charge in [0.1, 0.15) is 5.75 Å². The smallest absolute Gasteiger partial charge is 0.297 e. The average Bonchev–Trinajstić information content (AvgIpc) is 2.64. The lowest BCUT2D eigenvalue weighted by molar-refractivity contribution is 0.0511. The molecule has 2 aromatic rings. The lowest BCUT2D eigenvalue weighted by Gasteiger charge is -2.12. The van der Waals surface area contributed by atoms with Crippen LogP contribution in [0.15, 0.2) is 53.4 Å². The Morgan fingerprint density at radius 2 is 1.69 bits per heavy atom. The summed E-state index contributed by atoms with van der Waals surface area (Å²) in [7, 11) is -2.26. The van der Waals surface area contributed by atoms with Crippen LogP contribution in [-0.4, -0.2) is 40.0 Å². The zero-order valence-electron chi connectivity index (χ0n) is 14.9. The van der Waals surface area contributed by atoms with Crippen molar-refractivity contribution in [3.05, 3.63) is 59.7 Å². The van der Waals surface area contributed by atoms with E-state index in [0.29, 0.717) is 13.2 Å². The predicted molar refractivity (Wildman–Crippen MR) is 97.6 cm³/mol. The molecule has 2 aromatic carbocycles. The second kappa shape index (κ2) is 9.68. The van der Waals surface area contributed by atoms with Crippen molar-refractivity contribution in [2.75, 3.05) is 20.3 Å². The minimum absolute atomic E-state index is 0.0751. The molecule has 26 heavy (non-hydrogen) atoms. The van der Waals surface area contributed by atoms with Gasteiger partial charge in [-0.05, 0) is 43.2 Å². The molecule has 0 aliphatic heterocycles. The SMILES string of the molecule is COc1ccc(COCC[C@H](O)COS(=O)(=O)c2ccc(C)cc2)cc1. The third-order valence-electron chi connectivity index (χ3n) is 3.75. The van der Waals surface area contributed by atoms with Crippen molar-refractivity contribution in [3.8, 4) is 5.75 Å². The molecule has 7 heteroatoms. The number of benzene rings is 2. The van der Waals surface area contributed by atoms with E-state index in [2.05, 4.69) is 0 Å². The van der Waals surface area contributed by atoms with Crippen LogP contribution < -0.4 is 4.74 Å². The normalized spacial score (nSPS) is 12.7. The van der Waals surface area contributed by atoms with Gasteiger partial charge < -0.3 is 14.6 Å². The van der Waals surface area contributed by atoms with Gasteiger partial charge in [0.15, 0.2) is 0 Å². The molecule has 0 aromatic heterocycles. The number of hydrogen-bond donors (Lipinski definition) is 1. The number of aliphatic hydroxyl groups excluding tert-OH is 1. The summed E-state index contributed by atoms with van der Waals surface area (Å²) in [4.78, 5) is 0.0751. The zero-order chi connectivity index (χ0) is 19.0. The Bertz CT molecular complexity index is 769. The van der Waals surface area contributed by atoms with Gasteiger partial charge in [0.2, 0.25) is 0 Å². The first-order valence-electron chi connectivity index (χ1n) is 8.25. The number of ether oxygens (including phenoxy) is 2. The summed E-state index contributed by atoms with van der Waals surface area (Å²) in [6.45, 7) is 2.26. The first-order valence-corrected chi connectivity index (χ1v) is 9.66. The molecule has 0 bridgehead atoms. The monoisotopic (exact) mass is 380 g/mol. The van der Waals surface area contributed by atoms with Crippen molar-refractivity contribution >= 4 is 10.1 Å². The van der Waals surface area contributed by atoms with Gasteiger partial charge >= 0.3 is 0 Å². The Labute approximate surface area is 154 Å². The van der Waals surface area contributed by atoms with E-state index in [-0.39, 0.29) is 17.9 Å².